The van der Waals surface area contributed by atoms with Gasteiger partial charge in [0.05, 0.1) is 11.8 Å². The van der Waals surface area contributed by atoms with E-state index in [0.717, 1.165) is 0 Å². The van der Waals surface area contributed by atoms with Gasteiger partial charge in [0.15, 0.2) is 0 Å². The molecule has 0 N–H and O–H groups in total. The van der Waals surface area contributed by atoms with E-state index in [0.29, 0.717) is 11.1 Å². The third kappa shape index (κ3) is 2.22. The molecule has 0 bridgehead atoms. The molecule has 2 rings (SSSR count). The van der Waals surface area contributed by atoms with E-state index < -0.39 is 5.82 Å². The number of hydrogen-bond donors (Lipinski definition) is 0. The molecule has 0 unspecified atom stereocenters. The van der Waals surface area contributed by atoms with Crippen molar-refractivity contribution in [3.8, 4) is 11.1 Å². The van der Waals surface area contributed by atoms with Gasteiger partial charge < -0.3 is 4.90 Å². The first-order chi connectivity index (χ1) is 8.61. The quantitative estimate of drug-likeness (QED) is 0.811. The van der Waals surface area contributed by atoms with Gasteiger partial charge in [-0.3, -0.25) is 9.78 Å². The maximum absolute atomic E-state index is 14.3. The number of halogens is 1. The topological polar surface area (TPSA) is 33.2 Å². The Bertz CT molecular complexity index is 567. The summed E-state index contributed by atoms with van der Waals surface area (Å²) in [5.41, 5.74) is 0.911. The molecule has 0 atom stereocenters. The summed E-state index contributed by atoms with van der Waals surface area (Å²) in [6.07, 6.45) is 4.27. The number of amides is 1. The van der Waals surface area contributed by atoms with Crippen molar-refractivity contribution in [1.29, 1.82) is 0 Å². The summed E-state index contributed by atoms with van der Waals surface area (Å²) < 4.78 is 14.3. The highest BCUT2D eigenvalue weighted by atomic mass is 19.1. The van der Waals surface area contributed by atoms with Crippen LogP contribution in [0.3, 0.4) is 0 Å². The van der Waals surface area contributed by atoms with Crippen molar-refractivity contribution in [1.82, 2.24) is 9.88 Å². The summed E-state index contributed by atoms with van der Waals surface area (Å²) in [7, 11) is 3.18. The van der Waals surface area contributed by atoms with Gasteiger partial charge in [0.2, 0.25) is 0 Å². The molecule has 1 aromatic carbocycles. The van der Waals surface area contributed by atoms with E-state index in [1.165, 1.54) is 11.0 Å². The Balaban J connectivity index is 2.52. The van der Waals surface area contributed by atoms with Crippen molar-refractivity contribution >= 4 is 5.91 Å². The van der Waals surface area contributed by atoms with E-state index >= 15 is 0 Å². The Kier molecular flexibility index (Phi) is 3.37. The lowest BCUT2D eigenvalue weighted by Crippen LogP contribution is -2.22. The highest BCUT2D eigenvalue weighted by Crippen LogP contribution is 2.24. The molecule has 3 nitrogen and oxygen atoms in total. The fraction of sp³-hybridized carbons (Fsp3) is 0.143. The third-order valence-corrected chi connectivity index (χ3v) is 2.53. The number of pyridine rings is 1. The average molecular weight is 243 g/mol. The maximum atomic E-state index is 14.3. The number of benzene rings is 1. The molecular formula is C14H12FN2O. The average Bonchev–Trinajstić information content (AvgIpc) is 2.39. The molecule has 0 spiro atoms. The second kappa shape index (κ2) is 4.96. The first-order valence-corrected chi connectivity index (χ1v) is 5.44. The van der Waals surface area contributed by atoms with Gasteiger partial charge in [0.1, 0.15) is 5.82 Å². The summed E-state index contributed by atoms with van der Waals surface area (Å²) in [5, 5.41) is 0. The van der Waals surface area contributed by atoms with Crippen molar-refractivity contribution in [3.63, 3.8) is 0 Å². The molecule has 0 saturated heterocycles. The fourth-order valence-corrected chi connectivity index (χ4v) is 1.62. The highest BCUT2D eigenvalue weighted by molar-refractivity contribution is 5.95. The van der Waals surface area contributed by atoms with Crippen molar-refractivity contribution < 1.29 is 9.18 Å². The van der Waals surface area contributed by atoms with Gasteiger partial charge in [-0.05, 0) is 12.1 Å². The molecular weight excluding hydrogens is 231 g/mol. The van der Waals surface area contributed by atoms with Crippen molar-refractivity contribution in [3.05, 3.63) is 54.1 Å². The molecule has 0 aliphatic heterocycles. The zero-order valence-corrected chi connectivity index (χ0v) is 10.1. The predicted octanol–water partition coefficient (Wildman–Crippen LogP) is 2.39. The number of nitrogens with zero attached hydrogens (tertiary/aromatic N) is 2. The fourth-order valence-electron chi connectivity index (χ4n) is 1.62. The van der Waals surface area contributed by atoms with Crippen molar-refractivity contribution in [2.45, 2.75) is 0 Å². The highest BCUT2D eigenvalue weighted by Gasteiger charge is 2.17. The van der Waals surface area contributed by atoms with Gasteiger partial charge in [-0.1, -0.05) is 18.2 Å². The number of rotatable bonds is 2. The summed E-state index contributed by atoms with van der Waals surface area (Å²) in [4.78, 5) is 17.0. The van der Waals surface area contributed by atoms with Gasteiger partial charge >= 0.3 is 0 Å². The summed E-state index contributed by atoms with van der Waals surface area (Å²) in [5.74, 6) is -0.904. The van der Waals surface area contributed by atoms with Crippen LogP contribution in [0.25, 0.3) is 11.1 Å². The second-order valence-corrected chi connectivity index (χ2v) is 4.03. The standard InChI is InChI=1S/C14H12FN2O/c1-17(2)14(18)12-7-3-6-11(13(12)15)10-5-4-8-16-9-10/h3-8H,1-2H3. The van der Waals surface area contributed by atoms with Gasteiger partial charge in [-0.2, -0.15) is 0 Å². The number of hydrogen-bond acceptors (Lipinski definition) is 2. The van der Waals surface area contributed by atoms with Gasteiger partial charge in [0.25, 0.3) is 5.91 Å². The van der Waals surface area contributed by atoms with E-state index in [4.69, 9.17) is 0 Å². The Morgan fingerprint density at radius 2 is 2.06 bits per heavy atom. The zero-order valence-electron chi connectivity index (χ0n) is 10.1. The largest absolute Gasteiger partial charge is 0.345 e. The van der Waals surface area contributed by atoms with Crippen LogP contribution < -0.4 is 0 Å². The van der Waals surface area contributed by atoms with Crippen LogP contribution >= 0.6 is 0 Å². The third-order valence-electron chi connectivity index (χ3n) is 2.53. The van der Waals surface area contributed by atoms with E-state index in [-0.39, 0.29) is 11.5 Å². The molecule has 1 amide bonds. The van der Waals surface area contributed by atoms with E-state index in [1.807, 2.05) is 0 Å². The minimum absolute atomic E-state index is 0.0507. The van der Waals surface area contributed by atoms with Crippen LogP contribution in [-0.2, 0) is 0 Å². The van der Waals surface area contributed by atoms with Crippen LogP contribution in [0.15, 0.2) is 36.5 Å². The number of carbonyl (C=O) groups is 1. The number of carbonyl (C=O) groups excluding carboxylic acids is 1. The smallest absolute Gasteiger partial charge is 0.256 e. The van der Waals surface area contributed by atoms with Crippen LogP contribution in [0, 0.1) is 12.0 Å². The molecule has 4 heteroatoms. The molecule has 0 saturated carbocycles. The van der Waals surface area contributed by atoms with Crippen LogP contribution in [-0.4, -0.2) is 29.9 Å². The van der Waals surface area contributed by atoms with E-state index in [9.17, 15) is 9.18 Å². The van der Waals surface area contributed by atoms with Crippen LogP contribution in [0.1, 0.15) is 10.4 Å². The van der Waals surface area contributed by atoms with Gasteiger partial charge in [-0.25, -0.2) is 4.39 Å². The normalized spacial score (nSPS) is 10.2. The molecule has 0 aliphatic carbocycles. The monoisotopic (exact) mass is 243 g/mol. The van der Waals surface area contributed by atoms with Crippen LogP contribution in [0.4, 0.5) is 4.39 Å². The zero-order chi connectivity index (χ0) is 13.1. The first kappa shape index (κ1) is 12.2. The number of aromatic nitrogens is 1. The molecule has 18 heavy (non-hydrogen) atoms. The molecule has 91 valence electrons. The lowest BCUT2D eigenvalue weighted by molar-refractivity contribution is 0.0823. The van der Waals surface area contributed by atoms with E-state index in [2.05, 4.69) is 11.2 Å². The maximum Gasteiger partial charge on any atom is 0.256 e. The van der Waals surface area contributed by atoms with Crippen LogP contribution in [0.5, 0.6) is 0 Å². The van der Waals surface area contributed by atoms with Crippen molar-refractivity contribution in [2.24, 2.45) is 0 Å². The van der Waals surface area contributed by atoms with Crippen molar-refractivity contribution in [2.75, 3.05) is 14.1 Å². The van der Waals surface area contributed by atoms with E-state index in [1.54, 1.807) is 44.6 Å². The lowest BCUT2D eigenvalue weighted by atomic mass is 10.0. The molecule has 1 heterocycles. The molecule has 1 aromatic heterocycles. The lowest BCUT2D eigenvalue weighted by Gasteiger charge is -2.12. The molecule has 1 radical (unpaired) electrons. The Morgan fingerprint density at radius 3 is 2.67 bits per heavy atom. The minimum atomic E-state index is -0.541. The van der Waals surface area contributed by atoms with Crippen LogP contribution in [0.2, 0.25) is 0 Å². The Labute approximate surface area is 105 Å². The Hall–Kier alpha value is -2.23. The van der Waals surface area contributed by atoms with Gasteiger partial charge in [-0.15, -0.1) is 0 Å². The SMILES string of the molecule is CN(C)C(=O)c1cccc(-c2[c]nccc2)c1F. The van der Waals surface area contributed by atoms with Gasteiger partial charge in [0, 0.05) is 31.4 Å². The molecule has 2 aromatic rings. The molecule has 0 fully saturated rings. The summed E-state index contributed by atoms with van der Waals surface area (Å²) in [6, 6.07) is 8.13. The summed E-state index contributed by atoms with van der Waals surface area (Å²) >= 11 is 0. The summed E-state index contributed by atoms with van der Waals surface area (Å²) in [6.45, 7) is 0. The Morgan fingerprint density at radius 1 is 1.28 bits per heavy atom. The molecule has 0 aliphatic rings. The second-order valence-electron chi connectivity index (χ2n) is 4.03. The predicted molar refractivity (Wildman–Crippen MR) is 66.5 cm³/mol. The minimum Gasteiger partial charge on any atom is -0.345 e. The first-order valence-electron chi connectivity index (χ1n) is 5.44.